The molecule has 0 atom stereocenters. The van der Waals surface area contributed by atoms with E-state index < -0.39 is 11.7 Å². The van der Waals surface area contributed by atoms with Crippen LogP contribution in [0.15, 0.2) is 30.3 Å². The number of rotatable bonds is 5. The number of methoxy groups -OCH3 is 3. The van der Waals surface area contributed by atoms with Crippen LogP contribution in [0.4, 0.5) is 10.1 Å². The quantitative estimate of drug-likeness (QED) is 0.901. The highest BCUT2D eigenvalue weighted by atomic mass is 35.5. The van der Waals surface area contributed by atoms with Crippen molar-refractivity contribution in [3.8, 4) is 17.2 Å². The molecule has 5 nitrogen and oxygen atoms in total. The van der Waals surface area contributed by atoms with Gasteiger partial charge in [0.05, 0.1) is 31.9 Å². The Labute approximate surface area is 137 Å². The van der Waals surface area contributed by atoms with Crippen LogP contribution in [0.5, 0.6) is 17.2 Å². The maximum atomic E-state index is 13.1. The molecule has 0 aliphatic rings. The van der Waals surface area contributed by atoms with Gasteiger partial charge in [-0.25, -0.2) is 4.39 Å². The Morgan fingerprint density at radius 1 is 1.04 bits per heavy atom. The van der Waals surface area contributed by atoms with Gasteiger partial charge in [-0.1, -0.05) is 11.6 Å². The van der Waals surface area contributed by atoms with Gasteiger partial charge in [-0.05, 0) is 18.2 Å². The van der Waals surface area contributed by atoms with Gasteiger partial charge >= 0.3 is 0 Å². The van der Waals surface area contributed by atoms with Gasteiger partial charge in [0.25, 0.3) is 5.91 Å². The van der Waals surface area contributed by atoms with E-state index in [1.807, 2.05) is 0 Å². The van der Waals surface area contributed by atoms with Crippen molar-refractivity contribution in [2.45, 2.75) is 0 Å². The fourth-order valence-corrected chi connectivity index (χ4v) is 2.28. The fraction of sp³-hybridized carbons (Fsp3) is 0.188. The fourth-order valence-electron chi connectivity index (χ4n) is 2.03. The molecule has 0 heterocycles. The van der Waals surface area contributed by atoms with Gasteiger partial charge < -0.3 is 19.5 Å². The van der Waals surface area contributed by atoms with Gasteiger partial charge in [-0.15, -0.1) is 0 Å². The molecule has 0 saturated heterocycles. The minimum absolute atomic E-state index is 0.0231. The predicted octanol–water partition coefficient (Wildman–Crippen LogP) is 3.76. The summed E-state index contributed by atoms with van der Waals surface area (Å²) in [4.78, 5) is 12.3. The lowest BCUT2D eigenvalue weighted by molar-refractivity contribution is 0.102. The summed E-state index contributed by atoms with van der Waals surface area (Å²) in [6.45, 7) is 0. The van der Waals surface area contributed by atoms with Crippen LogP contribution in [0.3, 0.4) is 0 Å². The maximum Gasteiger partial charge on any atom is 0.257 e. The smallest absolute Gasteiger partial charge is 0.257 e. The minimum Gasteiger partial charge on any atom is -0.493 e. The second kappa shape index (κ2) is 7.19. The number of carbonyl (C=O) groups is 1. The van der Waals surface area contributed by atoms with E-state index in [0.717, 1.165) is 12.1 Å². The van der Waals surface area contributed by atoms with Gasteiger partial charge in [0.1, 0.15) is 5.82 Å². The summed E-state index contributed by atoms with van der Waals surface area (Å²) >= 11 is 5.89. The third-order valence-electron chi connectivity index (χ3n) is 3.10. The molecular formula is C16H15ClFNO4. The molecule has 1 N–H and O–H groups in total. The molecule has 0 saturated carbocycles. The van der Waals surface area contributed by atoms with Gasteiger partial charge in [0.15, 0.2) is 11.5 Å². The van der Waals surface area contributed by atoms with Crippen molar-refractivity contribution in [2.75, 3.05) is 26.6 Å². The van der Waals surface area contributed by atoms with Crippen molar-refractivity contribution in [2.24, 2.45) is 0 Å². The Bertz CT molecular complexity index is 711. The molecule has 2 rings (SSSR count). The first-order valence-corrected chi connectivity index (χ1v) is 6.94. The zero-order valence-corrected chi connectivity index (χ0v) is 13.5. The Balaban J connectivity index is 2.34. The van der Waals surface area contributed by atoms with E-state index in [-0.39, 0.29) is 10.6 Å². The summed E-state index contributed by atoms with van der Waals surface area (Å²) in [6.07, 6.45) is 0. The number of carbonyl (C=O) groups excluding carboxylic acids is 1. The molecule has 0 unspecified atom stereocenters. The average molecular weight is 340 g/mol. The van der Waals surface area contributed by atoms with Crippen LogP contribution in [-0.4, -0.2) is 27.2 Å². The first kappa shape index (κ1) is 16.9. The summed E-state index contributed by atoms with van der Waals surface area (Å²) in [5.74, 6) is 0.205. The van der Waals surface area contributed by atoms with Crippen molar-refractivity contribution in [3.05, 3.63) is 46.7 Å². The molecule has 2 aromatic rings. The first-order chi connectivity index (χ1) is 11.0. The SMILES string of the molecule is COc1cc(NC(=O)c2ccc(F)cc2Cl)cc(OC)c1OC. The third kappa shape index (κ3) is 3.65. The van der Waals surface area contributed by atoms with E-state index in [1.165, 1.54) is 27.4 Å². The number of nitrogens with one attached hydrogen (secondary N) is 1. The van der Waals surface area contributed by atoms with Crippen LogP contribution in [0.25, 0.3) is 0 Å². The molecule has 2 aromatic carbocycles. The largest absolute Gasteiger partial charge is 0.493 e. The van der Waals surface area contributed by atoms with Crippen molar-refractivity contribution in [1.29, 1.82) is 0 Å². The number of anilines is 1. The van der Waals surface area contributed by atoms with E-state index in [4.69, 9.17) is 25.8 Å². The monoisotopic (exact) mass is 339 g/mol. The van der Waals surface area contributed by atoms with E-state index in [2.05, 4.69) is 5.32 Å². The number of benzene rings is 2. The first-order valence-electron chi connectivity index (χ1n) is 6.56. The average Bonchev–Trinajstić information content (AvgIpc) is 2.53. The Morgan fingerprint density at radius 3 is 2.13 bits per heavy atom. The maximum absolute atomic E-state index is 13.1. The van der Waals surface area contributed by atoms with Crippen LogP contribution in [0.2, 0.25) is 5.02 Å². The van der Waals surface area contributed by atoms with E-state index in [0.29, 0.717) is 22.9 Å². The molecule has 0 radical (unpaired) electrons. The summed E-state index contributed by atoms with van der Waals surface area (Å²) < 4.78 is 28.7. The number of hydrogen-bond donors (Lipinski definition) is 1. The standard InChI is InChI=1S/C16H15ClFNO4/c1-21-13-7-10(8-14(22-2)15(13)23-3)19-16(20)11-5-4-9(18)6-12(11)17/h4-8H,1-3H3,(H,19,20). The molecule has 1 amide bonds. The predicted molar refractivity (Wildman–Crippen MR) is 85.5 cm³/mol. The lowest BCUT2D eigenvalue weighted by atomic mass is 10.2. The molecule has 0 spiro atoms. The topological polar surface area (TPSA) is 56.8 Å². The van der Waals surface area contributed by atoms with Crippen LogP contribution < -0.4 is 19.5 Å². The van der Waals surface area contributed by atoms with Gasteiger partial charge in [-0.3, -0.25) is 4.79 Å². The van der Waals surface area contributed by atoms with Gasteiger partial charge in [-0.2, -0.15) is 0 Å². The second-order valence-electron chi connectivity index (χ2n) is 4.49. The summed E-state index contributed by atoms with van der Waals surface area (Å²) in [5.41, 5.74) is 0.576. The molecule has 122 valence electrons. The summed E-state index contributed by atoms with van der Waals surface area (Å²) in [5, 5.41) is 2.68. The van der Waals surface area contributed by atoms with E-state index in [9.17, 15) is 9.18 Å². The highest BCUT2D eigenvalue weighted by Gasteiger charge is 2.16. The molecule has 0 aromatic heterocycles. The number of hydrogen-bond acceptors (Lipinski definition) is 4. The molecule has 0 aliphatic heterocycles. The van der Waals surface area contributed by atoms with Crippen LogP contribution >= 0.6 is 11.6 Å². The molecule has 0 aliphatic carbocycles. The zero-order chi connectivity index (χ0) is 17.0. The van der Waals surface area contributed by atoms with E-state index >= 15 is 0 Å². The normalized spacial score (nSPS) is 10.1. The minimum atomic E-state index is -0.515. The highest BCUT2D eigenvalue weighted by molar-refractivity contribution is 6.34. The molecular weight excluding hydrogens is 325 g/mol. The van der Waals surface area contributed by atoms with Crippen LogP contribution in [-0.2, 0) is 0 Å². The Kier molecular flexibility index (Phi) is 5.28. The van der Waals surface area contributed by atoms with Crippen LogP contribution in [0, 0.1) is 5.82 Å². The van der Waals surface area contributed by atoms with Crippen LogP contribution in [0.1, 0.15) is 10.4 Å². The highest BCUT2D eigenvalue weighted by Crippen LogP contribution is 2.40. The van der Waals surface area contributed by atoms with Gasteiger partial charge in [0, 0.05) is 17.8 Å². The second-order valence-corrected chi connectivity index (χ2v) is 4.90. The molecule has 7 heteroatoms. The molecule has 23 heavy (non-hydrogen) atoms. The number of halogens is 2. The van der Waals surface area contributed by atoms with Gasteiger partial charge in [0.2, 0.25) is 5.75 Å². The van der Waals surface area contributed by atoms with Crippen molar-refractivity contribution < 1.29 is 23.4 Å². The third-order valence-corrected chi connectivity index (χ3v) is 3.41. The lowest BCUT2D eigenvalue weighted by Crippen LogP contribution is -2.13. The number of amides is 1. The van der Waals surface area contributed by atoms with Crippen molar-refractivity contribution in [1.82, 2.24) is 0 Å². The Hall–Kier alpha value is -2.47. The van der Waals surface area contributed by atoms with Crippen molar-refractivity contribution in [3.63, 3.8) is 0 Å². The molecule has 0 fully saturated rings. The Morgan fingerprint density at radius 2 is 1.65 bits per heavy atom. The summed E-state index contributed by atoms with van der Waals surface area (Å²) in [7, 11) is 4.43. The summed E-state index contributed by atoms with van der Waals surface area (Å²) in [6, 6.07) is 6.71. The zero-order valence-electron chi connectivity index (χ0n) is 12.8. The number of ether oxygens (including phenoxy) is 3. The molecule has 0 bridgehead atoms. The van der Waals surface area contributed by atoms with Crippen molar-refractivity contribution >= 4 is 23.2 Å². The lowest BCUT2D eigenvalue weighted by Gasteiger charge is -2.14. The van der Waals surface area contributed by atoms with E-state index in [1.54, 1.807) is 12.1 Å².